The Morgan fingerprint density at radius 1 is 1.16 bits per heavy atom. The predicted octanol–water partition coefficient (Wildman–Crippen LogP) is 3.78. The summed E-state index contributed by atoms with van der Waals surface area (Å²) in [7, 11) is -2.37. The fourth-order valence-corrected chi connectivity index (χ4v) is 4.71. The first-order valence-electron chi connectivity index (χ1n) is 9.38. The minimum atomic E-state index is -3.77. The Morgan fingerprint density at radius 3 is 2.81 bits per heavy atom. The number of halogens is 2. The second kappa shape index (κ2) is 8.66. The molecule has 4 bridgehead atoms. The van der Waals surface area contributed by atoms with Gasteiger partial charge in [-0.05, 0) is 42.3 Å². The largest absolute Gasteiger partial charge is 0.494 e. The van der Waals surface area contributed by atoms with Crippen molar-refractivity contribution in [2.45, 2.75) is 11.3 Å². The van der Waals surface area contributed by atoms with Crippen molar-refractivity contribution in [1.82, 2.24) is 14.7 Å². The zero-order chi connectivity index (χ0) is 22.0. The number of methoxy groups -OCH3 is 1. The highest BCUT2D eigenvalue weighted by molar-refractivity contribution is 7.89. The molecule has 1 aliphatic heterocycles. The molecule has 1 aromatic heterocycles. The fraction of sp³-hybridized carbons (Fsp3) is 0.200. The van der Waals surface area contributed by atoms with Gasteiger partial charge in [0.2, 0.25) is 16.0 Å². The number of benzene rings is 2. The summed E-state index contributed by atoms with van der Waals surface area (Å²) in [5.41, 5.74) is 1.79. The van der Waals surface area contributed by atoms with Gasteiger partial charge in [0.1, 0.15) is 10.7 Å². The van der Waals surface area contributed by atoms with Crippen molar-refractivity contribution < 1.29 is 17.5 Å². The summed E-state index contributed by atoms with van der Waals surface area (Å²) in [6, 6.07) is 9.06. The van der Waals surface area contributed by atoms with Gasteiger partial charge in [0.25, 0.3) is 0 Å². The maximum absolute atomic E-state index is 13.8. The molecule has 4 rings (SSSR count). The quantitative estimate of drug-likeness (QED) is 0.531. The van der Waals surface area contributed by atoms with Gasteiger partial charge in [0.05, 0.1) is 12.1 Å². The van der Waals surface area contributed by atoms with E-state index in [1.807, 2.05) is 0 Å². The topological polar surface area (TPSA) is 105 Å². The van der Waals surface area contributed by atoms with Crippen LogP contribution in [0.2, 0.25) is 5.02 Å². The number of anilines is 3. The molecule has 11 heteroatoms. The van der Waals surface area contributed by atoms with Gasteiger partial charge in [0.15, 0.2) is 11.6 Å². The zero-order valence-corrected chi connectivity index (χ0v) is 18.0. The first-order valence-corrected chi connectivity index (χ1v) is 11.2. The number of ether oxygens (including phenoxy) is 1. The predicted molar refractivity (Wildman–Crippen MR) is 117 cm³/mol. The van der Waals surface area contributed by atoms with Crippen LogP contribution in [-0.2, 0) is 10.0 Å². The summed E-state index contributed by atoms with van der Waals surface area (Å²) in [5, 5.41) is 6.32. The molecular weight excluding hydrogens is 445 g/mol. The molecule has 0 spiro atoms. The van der Waals surface area contributed by atoms with E-state index >= 15 is 0 Å². The molecule has 1 aliphatic rings. The maximum Gasteiger partial charge on any atom is 0.242 e. The van der Waals surface area contributed by atoms with Gasteiger partial charge in [0, 0.05) is 30.5 Å². The van der Waals surface area contributed by atoms with Gasteiger partial charge in [-0.25, -0.2) is 22.5 Å². The Bertz CT molecular complexity index is 1240. The highest BCUT2D eigenvalue weighted by Crippen LogP contribution is 2.32. The molecular formula is C20H19ClFN5O3S. The monoisotopic (exact) mass is 463 g/mol. The number of nitrogens with one attached hydrogen (secondary N) is 3. The van der Waals surface area contributed by atoms with Crippen molar-refractivity contribution in [1.29, 1.82) is 0 Å². The van der Waals surface area contributed by atoms with Gasteiger partial charge >= 0.3 is 0 Å². The Morgan fingerprint density at radius 2 is 2.00 bits per heavy atom. The summed E-state index contributed by atoms with van der Waals surface area (Å²) in [6.45, 7) is 0.649. The summed E-state index contributed by atoms with van der Waals surface area (Å²) in [5.74, 6) is 0.421. The van der Waals surface area contributed by atoms with Gasteiger partial charge in [-0.3, -0.25) is 0 Å². The third kappa shape index (κ3) is 4.55. The first-order chi connectivity index (χ1) is 14.9. The van der Waals surface area contributed by atoms with Crippen molar-refractivity contribution in [3.05, 3.63) is 53.4 Å². The van der Waals surface area contributed by atoms with E-state index in [0.29, 0.717) is 35.6 Å². The zero-order valence-electron chi connectivity index (χ0n) is 16.4. The van der Waals surface area contributed by atoms with Crippen molar-refractivity contribution >= 4 is 39.1 Å². The summed E-state index contributed by atoms with van der Waals surface area (Å²) < 4.78 is 46.6. The Balaban J connectivity index is 1.77. The van der Waals surface area contributed by atoms with Crippen LogP contribution in [0.25, 0.3) is 11.1 Å². The Hall–Kier alpha value is -2.95. The van der Waals surface area contributed by atoms with Crippen LogP contribution in [-0.4, -0.2) is 38.6 Å². The lowest BCUT2D eigenvalue weighted by Crippen LogP contribution is -2.26. The van der Waals surface area contributed by atoms with Crippen LogP contribution in [0.4, 0.5) is 21.8 Å². The number of rotatable bonds is 2. The summed E-state index contributed by atoms with van der Waals surface area (Å²) in [4.78, 5) is 8.84. The maximum atomic E-state index is 13.8. The number of hydrogen-bond donors (Lipinski definition) is 3. The highest BCUT2D eigenvalue weighted by atomic mass is 35.5. The normalized spacial score (nSPS) is 15.5. The number of hydrogen-bond acceptors (Lipinski definition) is 7. The second-order valence-corrected chi connectivity index (χ2v) is 8.90. The molecule has 0 unspecified atom stereocenters. The molecule has 2 heterocycles. The van der Waals surface area contributed by atoms with E-state index in [0.717, 1.165) is 0 Å². The molecule has 162 valence electrons. The van der Waals surface area contributed by atoms with Gasteiger partial charge in [-0.1, -0.05) is 17.7 Å². The van der Waals surface area contributed by atoms with Crippen LogP contribution >= 0.6 is 11.6 Å². The van der Waals surface area contributed by atoms with Crippen molar-refractivity contribution in [2.24, 2.45) is 0 Å². The van der Waals surface area contributed by atoms with Crippen molar-refractivity contribution in [2.75, 3.05) is 30.8 Å². The van der Waals surface area contributed by atoms with E-state index in [-0.39, 0.29) is 28.2 Å². The summed E-state index contributed by atoms with van der Waals surface area (Å²) in [6.07, 6.45) is 2.10. The lowest BCUT2D eigenvalue weighted by Gasteiger charge is -2.14. The van der Waals surface area contributed by atoms with Crippen LogP contribution in [0.15, 0.2) is 47.5 Å². The molecule has 31 heavy (non-hydrogen) atoms. The number of nitrogens with zero attached hydrogens (tertiary/aromatic N) is 2. The third-order valence-electron chi connectivity index (χ3n) is 4.67. The molecule has 0 radical (unpaired) electrons. The first kappa shape index (κ1) is 21.3. The lowest BCUT2D eigenvalue weighted by atomic mass is 10.1. The molecule has 8 nitrogen and oxygen atoms in total. The van der Waals surface area contributed by atoms with E-state index in [1.54, 1.807) is 24.4 Å². The number of aromatic nitrogens is 2. The molecule has 0 atom stereocenters. The molecule has 0 aliphatic carbocycles. The Labute approximate surface area is 183 Å². The molecule has 0 fully saturated rings. The smallest absolute Gasteiger partial charge is 0.242 e. The minimum absolute atomic E-state index is 0.0263. The van der Waals surface area contributed by atoms with Gasteiger partial charge in [-0.15, -0.1) is 0 Å². The minimum Gasteiger partial charge on any atom is -0.494 e. The van der Waals surface area contributed by atoms with Gasteiger partial charge < -0.3 is 15.4 Å². The van der Waals surface area contributed by atoms with Crippen LogP contribution < -0.4 is 20.1 Å². The average molecular weight is 464 g/mol. The molecule has 3 N–H and O–H groups in total. The molecule has 0 amide bonds. The SMILES string of the molecule is COc1cc(-c2cnc3nc2NCCCNS(=O)(=O)c2cc(ccc2Cl)N3)ccc1F. The van der Waals surface area contributed by atoms with Crippen molar-refractivity contribution in [3.63, 3.8) is 0 Å². The average Bonchev–Trinajstić information content (AvgIpc) is 2.75. The second-order valence-electron chi connectivity index (χ2n) is 6.75. The standard InChI is InChI=1S/C20H19ClFN5O3S/c1-30-17-9-12(3-6-16(17)22)14-11-24-20-26-13-4-5-15(21)18(10-13)31(28,29)25-8-2-7-23-19(14)27-20/h3-6,9-11,25H,2,7-8H2,1H3,(H2,23,24,26,27). The van der Waals surface area contributed by atoms with E-state index in [9.17, 15) is 12.8 Å². The summed E-state index contributed by atoms with van der Waals surface area (Å²) >= 11 is 6.10. The van der Waals surface area contributed by atoms with Gasteiger partial charge in [-0.2, -0.15) is 4.98 Å². The van der Waals surface area contributed by atoms with E-state index in [4.69, 9.17) is 16.3 Å². The van der Waals surface area contributed by atoms with E-state index < -0.39 is 15.8 Å². The Kier molecular flexibility index (Phi) is 5.94. The third-order valence-corrected chi connectivity index (χ3v) is 6.61. The van der Waals surface area contributed by atoms with E-state index in [2.05, 4.69) is 25.3 Å². The molecule has 0 saturated carbocycles. The number of fused-ring (bicyclic) bond motifs is 4. The van der Waals surface area contributed by atoms with E-state index in [1.165, 1.54) is 25.3 Å². The molecule has 2 aromatic carbocycles. The number of sulfonamides is 1. The fourth-order valence-electron chi connectivity index (χ4n) is 3.11. The molecule has 3 aromatic rings. The van der Waals surface area contributed by atoms with Crippen LogP contribution in [0.1, 0.15) is 6.42 Å². The van der Waals surface area contributed by atoms with Crippen LogP contribution in [0.3, 0.4) is 0 Å². The molecule has 0 saturated heterocycles. The van der Waals surface area contributed by atoms with Crippen LogP contribution in [0, 0.1) is 5.82 Å². The van der Waals surface area contributed by atoms with Crippen molar-refractivity contribution in [3.8, 4) is 16.9 Å². The lowest BCUT2D eigenvalue weighted by molar-refractivity contribution is 0.387. The van der Waals surface area contributed by atoms with Crippen LogP contribution in [0.5, 0.6) is 5.75 Å². The highest BCUT2D eigenvalue weighted by Gasteiger charge is 2.19.